The van der Waals surface area contributed by atoms with Crippen LogP contribution in [0.3, 0.4) is 0 Å². The molecule has 0 bridgehead atoms. The maximum atomic E-state index is 12.7. The molecule has 0 unspecified atom stereocenters. The molecule has 0 aromatic heterocycles. The van der Waals surface area contributed by atoms with Crippen LogP contribution in [0, 0.1) is 5.92 Å². The SMILES string of the molecule is O=C(CCNC(=O)Nc1ccccc1)NCC1CCN(S(=O)(=O)c2ccccc2)CC1. The third kappa shape index (κ3) is 6.80. The first-order valence-electron chi connectivity index (χ1n) is 10.4. The van der Waals surface area contributed by atoms with Gasteiger partial charge in [-0.05, 0) is 43.0 Å². The smallest absolute Gasteiger partial charge is 0.319 e. The highest BCUT2D eigenvalue weighted by atomic mass is 32.2. The van der Waals surface area contributed by atoms with Crippen LogP contribution in [-0.2, 0) is 14.8 Å². The van der Waals surface area contributed by atoms with Crippen molar-refractivity contribution in [1.29, 1.82) is 0 Å². The molecule has 3 amide bonds. The van der Waals surface area contributed by atoms with E-state index in [0.29, 0.717) is 43.1 Å². The van der Waals surface area contributed by atoms with E-state index in [4.69, 9.17) is 0 Å². The number of carbonyl (C=O) groups excluding carboxylic acids is 2. The second-order valence-corrected chi connectivity index (χ2v) is 9.40. The van der Waals surface area contributed by atoms with Gasteiger partial charge in [-0.25, -0.2) is 13.2 Å². The Kier molecular flexibility index (Phi) is 8.02. The maximum Gasteiger partial charge on any atom is 0.319 e. The Hall–Kier alpha value is -2.91. The van der Waals surface area contributed by atoms with E-state index < -0.39 is 10.0 Å². The first kappa shape index (κ1) is 22.8. The zero-order valence-electron chi connectivity index (χ0n) is 17.3. The molecule has 1 heterocycles. The van der Waals surface area contributed by atoms with Crippen LogP contribution in [0.1, 0.15) is 19.3 Å². The molecule has 166 valence electrons. The molecule has 1 aliphatic heterocycles. The summed E-state index contributed by atoms with van der Waals surface area (Å²) in [4.78, 5) is 24.2. The van der Waals surface area contributed by atoms with Crippen molar-refractivity contribution in [2.75, 3.05) is 31.5 Å². The van der Waals surface area contributed by atoms with Gasteiger partial charge in [0, 0.05) is 38.3 Å². The fourth-order valence-corrected chi connectivity index (χ4v) is 4.92. The van der Waals surface area contributed by atoms with Crippen molar-refractivity contribution in [1.82, 2.24) is 14.9 Å². The molecule has 0 aliphatic carbocycles. The number of hydrogen-bond acceptors (Lipinski definition) is 4. The number of nitrogens with zero attached hydrogens (tertiary/aromatic N) is 1. The number of hydrogen-bond donors (Lipinski definition) is 3. The van der Waals surface area contributed by atoms with E-state index in [2.05, 4.69) is 16.0 Å². The van der Waals surface area contributed by atoms with Gasteiger partial charge >= 0.3 is 6.03 Å². The number of benzene rings is 2. The molecular formula is C22H28N4O4S. The summed E-state index contributed by atoms with van der Waals surface area (Å²) in [5.41, 5.74) is 0.685. The largest absolute Gasteiger partial charge is 0.356 e. The summed E-state index contributed by atoms with van der Waals surface area (Å²) in [6.07, 6.45) is 1.58. The minimum atomic E-state index is -3.46. The molecule has 31 heavy (non-hydrogen) atoms. The van der Waals surface area contributed by atoms with Crippen LogP contribution < -0.4 is 16.0 Å². The van der Waals surface area contributed by atoms with Gasteiger partial charge < -0.3 is 16.0 Å². The van der Waals surface area contributed by atoms with Crippen LogP contribution in [0.15, 0.2) is 65.6 Å². The number of amides is 3. The number of urea groups is 1. The van der Waals surface area contributed by atoms with Gasteiger partial charge in [-0.3, -0.25) is 4.79 Å². The van der Waals surface area contributed by atoms with Crippen LogP contribution in [0.25, 0.3) is 0 Å². The lowest BCUT2D eigenvalue weighted by Crippen LogP contribution is -2.41. The first-order valence-corrected chi connectivity index (χ1v) is 11.8. The minimum absolute atomic E-state index is 0.139. The van der Waals surface area contributed by atoms with Crippen LogP contribution in [0.2, 0.25) is 0 Å². The van der Waals surface area contributed by atoms with Crippen LogP contribution >= 0.6 is 0 Å². The monoisotopic (exact) mass is 444 g/mol. The molecule has 9 heteroatoms. The van der Waals surface area contributed by atoms with E-state index in [1.165, 1.54) is 4.31 Å². The second kappa shape index (κ2) is 10.9. The van der Waals surface area contributed by atoms with E-state index in [-0.39, 0.29) is 30.8 Å². The first-order chi connectivity index (χ1) is 14.9. The summed E-state index contributed by atoms with van der Waals surface area (Å²) in [5.74, 6) is 0.0971. The number of carbonyl (C=O) groups is 2. The minimum Gasteiger partial charge on any atom is -0.356 e. The number of anilines is 1. The molecule has 8 nitrogen and oxygen atoms in total. The van der Waals surface area contributed by atoms with Gasteiger partial charge in [-0.1, -0.05) is 36.4 Å². The molecule has 3 N–H and O–H groups in total. The van der Waals surface area contributed by atoms with Crippen molar-refractivity contribution in [2.24, 2.45) is 5.92 Å². The Morgan fingerprint density at radius 2 is 1.52 bits per heavy atom. The Morgan fingerprint density at radius 3 is 2.16 bits per heavy atom. The molecule has 0 radical (unpaired) electrons. The van der Waals surface area contributed by atoms with Crippen molar-refractivity contribution in [2.45, 2.75) is 24.2 Å². The maximum absolute atomic E-state index is 12.7. The van der Waals surface area contributed by atoms with Gasteiger partial charge in [0.1, 0.15) is 0 Å². The van der Waals surface area contributed by atoms with Crippen LogP contribution in [-0.4, -0.2) is 50.8 Å². The number of nitrogens with one attached hydrogen (secondary N) is 3. The molecule has 2 aromatic rings. The van der Waals surface area contributed by atoms with Crippen LogP contribution in [0.4, 0.5) is 10.5 Å². The molecule has 1 aliphatic rings. The zero-order chi connectivity index (χ0) is 22.1. The van der Waals surface area contributed by atoms with Gasteiger partial charge in [0.2, 0.25) is 15.9 Å². The third-order valence-electron chi connectivity index (χ3n) is 5.21. The summed E-state index contributed by atoms with van der Waals surface area (Å²) in [7, 11) is -3.46. The Labute approximate surface area is 183 Å². The lowest BCUT2D eigenvalue weighted by molar-refractivity contribution is -0.121. The molecular weight excluding hydrogens is 416 g/mol. The highest BCUT2D eigenvalue weighted by molar-refractivity contribution is 7.89. The molecule has 0 atom stereocenters. The summed E-state index contributed by atoms with van der Waals surface area (Å²) < 4.78 is 26.8. The summed E-state index contributed by atoms with van der Waals surface area (Å²) in [6.45, 7) is 1.63. The fraction of sp³-hybridized carbons (Fsp3) is 0.364. The van der Waals surface area contributed by atoms with Crippen molar-refractivity contribution < 1.29 is 18.0 Å². The average molecular weight is 445 g/mol. The molecule has 1 fully saturated rings. The summed E-state index contributed by atoms with van der Waals surface area (Å²) in [5, 5.41) is 8.23. The molecule has 0 saturated carbocycles. The van der Waals surface area contributed by atoms with Crippen molar-refractivity contribution >= 4 is 27.6 Å². The van der Waals surface area contributed by atoms with Crippen molar-refractivity contribution in [3.63, 3.8) is 0 Å². The predicted octanol–water partition coefficient (Wildman–Crippen LogP) is 2.42. The normalized spacial score (nSPS) is 15.2. The number of para-hydroxylation sites is 1. The van der Waals surface area contributed by atoms with E-state index in [9.17, 15) is 18.0 Å². The highest BCUT2D eigenvalue weighted by Crippen LogP contribution is 2.23. The van der Waals surface area contributed by atoms with Crippen LogP contribution in [0.5, 0.6) is 0 Å². The number of rotatable bonds is 8. The number of sulfonamides is 1. The van der Waals surface area contributed by atoms with E-state index in [1.807, 2.05) is 18.2 Å². The fourth-order valence-electron chi connectivity index (χ4n) is 3.43. The molecule has 0 spiro atoms. The third-order valence-corrected chi connectivity index (χ3v) is 7.12. The Bertz CT molecular complexity index is 960. The van der Waals surface area contributed by atoms with E-state index in [0.717, 1.165) is 0 Å². The highest BCUT2D eigenvalue weighted by Gasteiger charge is 2.29. The quantitative estimate of drug-likeness (QED) is 0.581. The van der Waals surface area contributed by atoms with Gasteiger partial charge in [0.15, 0.2) is 0 Å². The predicted molar refractivity (Wildman–Crippen MR) is 119 cm³/mol. The number of piperidine rings is 1. The Balaban J connectivity index is 1.32. The second-order valence-electron chi connectivity index (χ2n) is 7.46. The van der Waals surface area contributed by atoms with Gasteiger partial charge in [-0.2, -0.15) is 4.31 Å². The lowest BCUT2D eigenvalue weighted by Gasteiger charge is -2.31. The zero-order valence-corrected chi connectivity index (χ0v) is 18.1. The van der Waals surface area contributed by atoms with Gasteiger partial charge in [0.05, 0.1) is 4.90 Å². The molecule has 3 rings (SSSR count). The molecule has 1 saturated heterocycles. The standard InChI is InChI=1S/C22H28N4O4S/c27-21(11-14-23-22(28)25-19-7-3-1-4-8-19)24-17-18-12-15-26(16-13-18)31(29,30)20-9-5-2-6-10-20/h1-10,18H,11-17H2,(H,24,27)(H2,23,25,28). The van der Waals surface area contributed by atoms with E-state index in [1.54, 1.807) is 42.5 Å². The summed E-state index contributed by atoms with van der Waals surface area (Å²) in [6, 6.07) is 17.2. The Morgan fingerprint density at radius 1 is 0.903 bits per heavy atom. The van der Waals surface area contributed by atoms with Crippen molar-refractivity contribution in [3.05, 3.63) is 60.7 Å². The topological polar surface area (TPSA) is 108 Å². The van der Waals surface area contributed by atoms with E-state index >= 15 is 0 Å². The lowest BCUT2D eigenvalue weighted by atomic mass is 9.98. The van der Waals surface area contributed by atoms with Gasteiger partial charge in [0.25, 0.3) is 0 Å². The average Bonchev–Trinajstić information content (AvgIpc) is 2.79. The molecule has 2 aromatic carbocycles. The van der Waals surface area contributed by atoms with Crippen molar-refractivity contribution in [3.8, 4) is 0 Å². The summed E-state index contributed by atoms with van der Waals surface area (Å²) >= 11 is 0. The van der Waals surface area contributed by atoms with Gasteiger partial charge in [-0.15, -0.1) is 0 Å².